The quantitative estimate of drug-likeness (QED) is 0.172. The molecule has 0 saturated carbocycles. The van der Waals surface area contributed by atoms with Crippen LogP contribution in [0.5, 0.6) is 17.2 Å². The number of benzene rings is 2. The van der Waals surface area contributed by atoms with Crippen molar-refractivity contribution >= 4 is 22.9 Å². The molecule has 0 bridgehead atoms. The minimum absolute atomic E-state index is 0.0433. The second kappa shape index (κ2) is 14.4. The van der Waals surface area contributed by atoms with E-state index in [1.54, 1.807) is 33.5 Å². The summed E-state index contributed by atoms with van der Waals surface area (Å²) in [6.45, 7) is 8.61. The molecule has 2 aliphatic rings. The van der Waals surface area contributed by atoms with Gasteiger partial charge in [-0.05, 0) is 93.4 Å². The first-order chi connectivity index (χ1) is 24.4. The molecule has 5 aromatic rings. The lowest BCUT2D eigenvalue weighted by atomic mass is 9.77. The van der Waals surface area contributed by atoms with Crippen molar-refractivity contribution in [3.63, 3.8) is 0 Å². The summed E-state index contributed by atoms with van der Waals surface area (Å²) in [5.74, 6) is 4.20. The van der Waals surface area contributed by atoms with Crippen LogP contribution in [0, 0.1) is 6.92 Å². The van der Waals surface area contributed by atoms with Gasteiger partial charge in [-0.15, -0.1) is 0 Å². The zero-order chi connectivity index (χ0) is 34.7. The summed E-state index contributed by atoms with van der Waals surface area (Å²) < 4.78 is 24.8. The van der Waals surface area contributed by atoms with Crippen LogP contribution in [0.2, 0.25) is 0 Å². The maximum atomic E-state index is 14.0. The molecule has 2 aromatic carbocycles. The molecule has 0 aliphatic carbocycles. The summed E-state index contributed by atoms with van der Waals surface area (Å²) in [6.07, 6.45) is 6.58. The van der Waals surface area contributed by atoms with E-state index >= 15 is 0 Å². The average Bonchev–Trinajstić information content (AvgIpc) is 3.83. The summed E-state index contributed by atoms with van der Waals surface area (Å²) >= 11 is 0. The minimum atomic E-state index is -0.180. The molecule has 0 spiro atoms. The van der Waals surface area contributed by atoms with Crippen LogP contribution in [0.3, 0.4) is 0 Å². The average molecular weight is 679 g/mol. The lowest BCUT2D eigenvalue weighted by Crippen LogP contribution is -2.39. The summed E-state index contributed by atoms with van der Waals surface area (Å²) in [5.41, 5.74) is 3.68. The van der Waals surface area contributed by atoms with Gasteiger partial charge in [-0.1, -0.05) is 12.1 Å². The van der Waals surface area contributed by atoms with Crippen molar-refractivity contribution in [3.05, 3.63) is 95.7 Å². The highest BCUT2D eigenvalue weighted by Crippen LogP contribution is 2.41. The smallest absolute Gasteiger partial charge is 0.254 e. The van der Waals surface area contributed by atoms with Crippen LogP contribution in [0.25, 0.3) is 11.0 Å². The standard InChI is InChI=1S/C39H46N6O5/c1-28-10-11-31(50-28)26-45-33-9-6-5-8-32(33)41-38(45)43-19-7-18-42(22-23-43)20-14-39(30-12-16-40-17-13-30)15-21-44(27-39)37(46)29-24-34(47-2)36(49-4)35(25-29)48-3/h5-6,8-13,16-17,24-25H,7,14-15,18-23,26-27H2,1-4H3. The van der Waals surface area contributed by atoms with Crippen LogP contribution in [0.1, 0.15) is 46.7 Å². The molecule has 0 radical (unpaired) electrons. The SMILES string of the molecule is COc1cc(C(=O)N2CCC(CCN3CCCN(c4nc5ccccc5n4Cc4ccc(C)o4)CC3)(c3ccncc3)C2)cc(OC)c1OC. The molecule has 2 fully saturated rings. The molecule has 2 saturated heterocycles. The predicted octanol–water partition coefficient (Wildman–Crippen LogP) is 5.79. The molecular weight excluding hydrogens is 632 g/mol. The van der Waals surface area contributed by atoms with Crippen molar-refractivity contribution < 1.29 is 23.4 Å². The number of pyridine rings is 1. The monoisotopic (exact) mass is 678 g/mol. The van der Waals surface area contributed by atoms with Crippen molar-refractivity contribution in [2.24, 2.45) is 0 Å². The van der Waals surface area contributed by atoms with Crippen molar-refractivity contribution in [1.29, 1.82) is 0 Å². The number of nitrogens with zero attached hydrogens (tertiary/aromatic N) is 6. The Morgan fingerprint density at radius 3 is 2.40 bits per heavy atom. The van der Waals surface area contributed by atoms with Gasteiger partial charge in [0.05, 0.1) is 38.9 Å². The first kappa shape index (κ1) is 33.5. The van der Waals surface area contributed by atoms with Crippen LogP contribution >= 0.6 is 0 Å². The van der Waals surface area contributed by atoms with Gasteiger partial charge in [-0.25, -0.2) is 4.98 Å². The van der Waals surface area contributed by atoms with E-state index in [2.05, 4.69) is 55.7 Å². The number of ether oxygens (including phenoxy) is 3. The number of likely N-dealkylation sites (tertiary alicyclic amines) is 1. The van der Waals surface area contributed by atoms with Crippen LogP contribution in [0.4, 0.5) is 5.95 Å². The number of aromatic nitrogens is 3. The fourth-order valence-electron chi connectivity index (χ4n) is 7.68. The third-order valence-electron chi connectivity index (χ3n) is 10.4. The van der Waals surface area contributed by atoms with Gasteiger partial charge >= 0.3 is 0 Å². The van der Waals surface area contributed by atoms with Crippen LogP contribution in [-0.2, 0) is 12.0 Å². The Morgan fingerprint density at radius 2 is 1.68 bits per heavy atom. The van der Waals surface area contributed by atoms with E-state index in [4.69, 9.17) is 23.6 Å². The molecule has 262 valence electrons. The fourth-order valence-corrected chi connectivity index (χ4v) is 7.68. The Hall–Kier alpha value is -5.03. The first-order valence-electron chi connectivity index (χ1n) is 17.4. The van der Waals surface area contributed by atoms with Crippen molar-refractivity contribution in [2.45, 2.75) is 38.1 Å². The molecule has 11 nitrogen and oxygen atoms in total. The van der Waals surface area contributed by atoms with E-state index in [1.165, 1.54) is 5.56 Å². The van der Waals surface area contributed by atoms with Gasteiger partial charge in [0.2, 0.25) is 11.7 Å². The summed E-state index contributed by atoms with van der Waals surface area (Å²) in [5, 5.41) is 0. The van der Waals surface area contributed by atoms with Crippen molar-refractivity contribution in [3.8, 4) is 17.2 Å². The van der Waals surface area contributed by atoms with Crippen molar-refractivity contribution in [1.82, 2.24) is 24.3 Å². The second-order valence-electron chi connectivity index (χ2n) is 13.3. The molecule has 1 atom stereocenters. The fraction of sp³-hybridized carbons (Fsp3) is 0.410. The third kappa shape index (κ3) is 6.61. The van der Waals surface area contributed by atoms with E-state index < -0.39 is 0 Å². The van der Waals surface area contributed by atoms with Gasteiger partial charge in [-0.2, -0.15) is 0 Å². The Bertz CT molecular complexity index is 1910. The lowest BCUT2D eigenvalue weighted by Gasteiger charge is -2.33. The molecule has 1 unspecified atom stereocenters. The number of imidazole rings is 1. The second-order valence-corrected chi connectivity index (χ2v) is 13.3. The number of hydrogen-bond acceptors (Lipinski definition) is 9. The normalized spacial score (nSPS) is 18.4. The number of amides is 1. The van der Waals surface area contributed by atoms with Gasteiger partial charge in [0.25, 0.3) is 5.91 Å². The maximum absolute atomic E-state index is 14.0. The van der Waals surface area contributed by atoms with Crippen molar-refractivity contribution in [2.75, 3.05) is 72.0 Å². The molecule has 3 aromatic heterocycles. The van der Waals surface area contributed by atoms with E-state index in [0.29, 0.717) is 42.4 Å². The van der Waals surface area contributed by atoms with E-state index in [9.17, 15) is 4.79 Å². The number of hydrogen-bond donors (Lipinski definition) is 0. The highest BCUT2D eigenvalue weighted by Gasteiger charge is 2.42. The minimum Gasteiger partial charge on any atom is -0.493 e. The van der Waals surface area contributed by atoms with E-state index in [0.717, 1.165) is 80.5 Å². The molecule has 50 heavy (non-hydrogen) atoms. The largest absolute Gasteiger partial charge is 0.493 e. The number of para-hydroxylation sites is 2. The van der Waals surface area contributed by atoms with E-state index in [1.807, 2.05) is 36.4 Å². The highest BCUT2D eigenvalue weighted by molar-refractivity contribution is 5.96. The van der Waals surface area contributed by atoms with Gasteiger partial charge in [0.15, 0.2) is 11.5 Å². The molecule has 2 aliphatic heterocycles. The topological polar surface area (TPSA) is 98.3 Å². The maximum Gasteiger partial charge on any atom is 0.254 e. The molecule has 5 heterocycles. The number of fused-ring (bicyclic) bond motifs is 1. The van der Waals surface area contributed by atoms with E-state index in [-0.39, 0.29) is 11.3 Å². The third-order valence-corrected chi connectivity index (χ3v) is 10.4. The van der Waals surface area contributed by atoms with Gasteiger partial charge in [-0.3, -0.25) is 9.78 Å². The van der Waals surface area contributed by atoms with Gasteiger partial charge < -0.3 is 37.9 Å². The van der Waals surface area contributed by atoms with Crippen LogP contribution < -0.4 is 19.1 Å². The van der Waals surface area contributed by atoms with Gasteiger partial charge in [0.1, 0.15) is 11.5 Å². The molecule has 0 N–H and O–H groups in total. The highest BCUT2D eigenvalue weighted by atomic mass is 16.5. The summed E-state index contributed by atoms with van der Waals surface area (Å²) in [7, 11) is 4.69. The Morgan fingerprint density at radius 1 is 0.900 bits per heavy atom. The zero-order valence-corrected chi connectivity index (χ0v) is 29.4. The Labute approximate surface area is 293 Å². The van der Waals surface area contributed by atoms with Gasteiger partial charge in [0, 0.05) is 56.1 Å². The summed E-state index contributed by atoms with van der Waals surface area (Å²) in [6, 6.07) is 20.1. The zero-order valence-electron chi connectivity index (χ0n) is 29.4. The number of aryl methyl sites for hydroxylation is 1. The van der Waals surface area contributed by atoms with Crippen LogP contribution in [-0.4, -0.2) is 97.4 Å². The summed E-state index contributed by atoms with van der Waals surface area (Å²) in [4.78, 5) is 30.4. The Kier molecular flexibility index (Phi) is 9.67. The number of methoxy groups -OCH3 is 3. The lowest BCUT2D eigenvalue weighted by molar-refractivity contribution is 0.0780. The molecule has 7 rings (SSSR count). The number of carbonyl (C=O) groups is 1. The molecule has 1 amide bonds. The predicted molar refractivity (Wildman–Crippen MR) is 193 cm³/mol. The van der Waals surface area contributed by atoms with Crippen LogP contribution in [0.15, 0.2) is 77.5 Å². The first-order valence-corrected chi connectivity index (χ1v) is 17.4. The number of furan rings is 1. The molecule has 11 heteroatoms. The number of carbonyl (C=O) groups excluding carboxylic acids is 1. The molecular formula is C39H46N6O5. The number of rotatable bonds is 11. The Balaban J connectivity index is 1.07. The number of anilines is 1.